The SMILES string of the molecule is c1ccc(-c2cc(-c3ccc4c(c3)OCCOCCO4)[o+]c(-c3ccc4c(c3)OCCOCCO4)c2)cc1. The zero-order valence-electron chi connectivity index (χ0n) is 21.0. The molecule has 0 amide bonds. The molecule has 0 radical (unpaired) electrons. The van der Waals surface area contributed by atoms with Gasteiger partial charge in [-0.3, -0.25) is 0 Å². The zero-order chi connectivity index (χ0) is 25.6. The quantitative estimate of drug-likeness (QED) is 0.305. The first-order valence-electron chi connectivity index (χ1n) is 12.8. The molecule has 7 heteroatoms. The van der Waals surface area contributed by atoms with E-state index in [4.69, 9.17) is 32.8 Å². The van der Waals surface area contributed by atoms with Crippen molar-refractivity contribution < 1.29 is 32.8 Å². The van der Waals surface area contributed by atoms with E-state index < -0.39 is 0 Å². The minimum atomic E-state index is 0.453. The lowest BCUT2D eigenvalue weighted by molar-refractivity contribution is 0.0877. The highest BCUT2D eigenvalue weighted by atomic mass is 16.6. The van der Waals surface area contributed by atoms with E-state index in [0.29, 0.717) is 87.4 Å². The van der Waals surface area contributed by atoms with Crippen molar-refractivity contribution in [1.29, 1.82) is 0 Å². The smallest absolute Gasteiger partial charge is 0.361 e. The van der Waals surface area contributed by atoms with Crippen LogP contribution in [-0.4, -0.2) is 52.9 Å². The van der Waals surface area contributed by atoms with E-state index in [1.54, 1.807) is 0 Å². The Labute approximate surface area is 221 Å². The average molecular weight is 514 g/mol. The standard InChI is InChI=1S/C31H29O7/c1-2-4-22(5-3-1)25-20-28(23-6-8-26-30(18-23)36-16-12-32-10-14-34-26)38-29(21-25)24-7-9-27-31(19-24)37-17-13-33-11-15-35-27/h1-9,18-21H,10-17H2/q+1. The van der Waals surface area contributed by atoms with Gasteiger partial charge in [0, 0.05) is 17.7 Å². The second kappa shape index (κ2) is 11.5. The molecule has 0 fully saturated rings. The fraction of sp³-hybridized carbons (Fsp3) is 0.258. The van der Waals surface area contributed by atoms with E-state index in [1.807, 2.05) is 54.6 Å². The summed E-state index contributed by atoms with van der Waals surface area (Å²) >= 11 is 0. The Morgan fingerprint density at radius 2 is 0.868 bits per heavy atom. The minimum Gasteiger partial charge on any atom is -0.487 e. The van der Waals surface area contributed by atoms with Crippen molar-refractivity contribution in [3.8, 4) is 56.8 Å². The van der Waals surface area contributed by atoms with Gasteiger partial charge in [0.15, 0.2) is 23.0 Å². The van der Waals surface area contributed by atoms with Crippen molar-refractivity contribution in [3.63, 3.8) is 0 Å². The van der Waals surface area contributed by atoms with E-state index in [2.05, 4.69) is 24.3 Å². The number of hydrogen-bond donors (Lipinski definition) is 0. The molecule has 4 aromatic rings. The lowest BCUT2D eigenvalue weighted by atomic mass is 10.0. The highest BCUT2D eigenvalue weighted by Crippen LogP contribution is 2.39. The Morgan fingerprint density at radius 3 is 1.37 bits per heavy atom. The van der Waals surface area contributed by atoms with Crippen LogP contribution in [0.1, 0.15) is 0 Å². The van der Waals surface area contributed by atoms with Crippen LogP contribution in [-0.2, 0) is 9.47 Å². The zero-order valence-corrected chi connectivity index (χ0v) is 21.0. The molecule has 38 heavy (non-hydrogen) atoms. The first kappa shape index (κ1) is 24.3. The third kappa shape index (κ3) is 5.59. The Balaban J connectivity index is 1.43. The summed E-state index contributed by atoms with van der Waals surface area (Å²) < 4.78 is 41.1. The van der Waals surface area contributed by atoms with Gasteiger partial charge in [0.1, 0.15) is 26.4 Å². The molecular weight excluding hydrogens is 484 g/mol. The van der Waals surface area contributed by atoms with Crippen molar-refractivity contribution in [2.24, 2.45) is 0 Å². The Bertz CT molecular complexity index is 1300. The van der Waals surface area contributed by atoms with Crippen molar-refractivity contribution in [3.05, 3.63) is 78.9 Å². The summed E-state index contributed by atoms with van der Waals surface area (Å²) in [7, 11) is 0. The lowest BCUT2D eigenvalue weighted by Gasteiger charge is -2.11. The maximum Gasteiger partial charge on any atom is 0.361 e. The van der Waals surface area contributed by atoms with E-state index in [0.717, 1.165) is 22.3 Å². The first-order chi connectivity index (χ1) is 18.8. The van der Waals surface area contributed by atoms with E-state index in [-0.39, 0.29) is 0 Å². The lowest BCUT2D eigenvalue weighted by Crippen LogP contribution is -2.08. The molecule has 2 aliphatic heterocycles. The molecule has 0 unspecified atom stereocenters. The maximum atomic E-state index is 6.51. The third-order valence-corrected chi connectivity index (χ3v) is 6.30. The van der Waals surface area contributed by atoms with Crippen LogP contribution in [0.3, 0.4) is 0 Å². The van der Waals surface area contributed by atoms with Crippen LogP contribution in [0.15, 0.2) is 83.3 Å². The summed E-state index contributed by atoms with van der Waals surface area (Å²) in [5, 5.41) is 0. The molecule has 3 aromatic carbocycles. The Kier molecular flexibility index (Phi) is 7.37. The molecule has 7 nitrogen and oxygen atoms in total. The molecule has 1 aromatic heterocycles. The van der Waals surface area contributed by atoms with Gasteiger partial charge in [-0.25, -0.2) is 4.42 Å². The molecule has 0 N–H and O–H groups in total. The summed E-state index contributed by atoms with van der Waals surface area (Å²) in [4.78, 5) is 0. The van der Waals surface area contributed by atoms with Crippen molar-refractivity contribution in [2.75, 3.05) is 52.9 Å². The first-order valence-corrected chi connectivity index (χ1v) is 12.8. The summed E-state index contributed by atoms with van der Waals surface area (Å²) in [5.41, 5.74) is 3.88. The monoisotopic (exact) mass is 513 g/mol. The van der Waals surface area contributed by atoms with E-state index in [9.17, 15) is 0 Å². The molecular formula is C31H29O7+. The summed E-state index contributed by atoms with van der Waals surface area (Å²) in [6, 6.07) is 26.1. The highest BCUT2D eigenvalue weighted by molar-refractivity contribution is 5.76. The van der Waals surface area contributed by atoms with Gasteiger partial charge in [0.2, 0.25) is 0 Å². The third-order valence-electron chi connectivity index (χ3n) is 6.30. The predicted octanol–water partition coefficient (Wildman–Crippen LogP) is 6.14. The predicted molar refractivity (Wildman–Crippen MR) is 143 cm³/mol. The van der Waals surface area contributed by atoms with Crippen LogP contribution < -0.4 is 18.9 Å². The van der Waals surface area contributed by atoms with Gasteiger partial charge >= 0.3 is 11.5 Å². The fourth-order valence-corrected chi connectivity index (χ4v) is 4.42. The fourth-order valence-electron chi connectivity index (χ4n) is 4.42. The van der Waals surface area contributed by atoms with Gasteiger partial charge in [0.05, 0.1) is 49.7 Å². The molecule has 0 saturated heterocycles. The van der Waals surface area contributed by atoms with Crippen molar-refractivity contribution in [1.82, 2.24) is 0 Å². The van der Waals surface area contributed by atoms with E-state index >= 15 is 0 Å². The number of fused-ring (bicyclic) bond motifs is 2. The van der Waals surface area contributed by atoms with Crippen LogP contribution >= 0.6 is 0 Å². The summed E-state index contributed by atoms with van der Waals surface area (Å²) in [6.45, 7) is 3.95. The molecule has 0 atom stereocenters. The second-order valence-corrected chi connectivity index (χ2v) is 8.88. The number of hydrogen-bond acceptors (Lipinski definition) is 6. The van der Waals surface area contributed by atoms with Crippen LogP contribution in [0, 0.1) is 0 Å². The molecule has 0 saturated carbocycles. The van der Waals surface area contributed by atoms with Gasteiger partial charge in [-0.05, 0) is 29.8 Å². The van der Waals surface area contributed by atoms with Gasteiger partial charge in [-0.2, -0.15) is 0 Å². The Hall–Kier alpha value is -4.07. The topological polar surface area (TPSA) is 66.7 Å². The van der Waals surface area contributed by atoms with Crippen LogP contribution in [0.2, 0.25) is 0 Å². The van der Waals surface area contributed by atoms with Crippen molar-refractivity contribution >= 4 is 0 Å². The number of rotatable bonds is 3. The minimum absolute atomic E-state index is 0.453. The van der Waals surface area contributed by atoms with Crippen LogP contribution in [0.5, 0.6) is 23.0 Å². The van der Waals surface area contributed by atoms with E-state index in [1.165, 1.54) is 0 Å². The summed E-state index contributed by atoms with van der Waals surface area (Å²) in [5.74, 6) is 4.13. The Morgan fingerprint density at radius 1 is 0.395 bits per heavy atom. The van der Waals surface area contributed by atoms with Gasteiger partial charge < -0.3 is 28.4 Å². The normalized spacial score (nSPS) is 15.7. The molecule has 0 spiro atoms. The number of benzene rings is 3. The largest absolute Gasteiger partial charge is 0.487 e. The van der Waals surface area contributed by atoms with Gasteiger partial charge in [-0.15, -0.1) is 0 Å². The summed E-state index contributed by atoms with van der Waals surface area (Å²) in [6.07, 6.45) is 0. The molecule has 3 heterocycles. The van der Waals surface area contributed by atoms with Crippen molar-refractivity contribution in [2.45, 2.75) is 0 Å². The highest BCUT2D eigenvalue weighted by Gasteiger charge is 2.24. The van der Waals surface area contributed by atoms with Gasteiger partial charge in [-0.1, -0.05) is 30.3 Å². The molecule has 2 aliphatic rings. The average Bonchev–Trinajstić information content (AvgIpc) is 3.17. The van der Waals surface area contributed by atoms with Crippen LogP contribution in [0.4, 0.5) is 0 Å². The molecule has 194 valence electrons. The molecule has 0 bridgehead atoms. The number of ether oxygens (including phenoxy) is 6. The molecule has 0 aliphatic carbocycles. The maximum absolute atomic E-state index is 6.51. The van der Waals surface area contributed by atoms with Crippen LogP contribution in [0.25, 0.3) is 33.8 Å². The van der Waals surface area contributed by atoms with Gasteiger partial charge in [0.25, 0.3) is 0 Å². The second-order valence-electron chi connectivity index (χ2n) is 8.88. The molecule has 6 rings (SSSR count).